The molecule has 0 aliphatic heterocycles. The lowest BCUT2D eigenvalue weighted by atomic mass is 10.2. The van der Waals surface area contributed by atoms with Gasteiger partial charge in [0.05, 0.1) is 0 Å². The quantitative estimate of drug-likeness (QED) is 0.367. The molecule has 0 aliphatic rings. The van der Waals surface area contributed by atoms with Crippen LogP contribution in [0.1, 0.15) is 18.9 Å². The third-order valence-corrected chi connectivity index (χ3v) is 3.05. The Morgan fingerprint density at radius 2 is 2.29 bits per heavy atom. The molecule has 0 atom stereocenters. The van der Waals surface area contributed by atoms with Crippen LogP contribution in [0.2, 0.25) is 0 Å². The Morgan fingerprint density at radius 1 is 1.53 bits per heavy atom. The van der Waals surface area contributed by atoms with Gasteiger partial charge in [-0.1, -0.05) is 40.1 Å². The Balaban J connectivity index is 2.52. The number of benzene rings is 1. The van der Waals surface area contributed by atoms with Gasteiger partial charge in [-0.3, -0.25) is 4.90 Å². The van der Waals surface area contributed by atoms with Crippen LogP contribution in [0.4, 0.5) is 0 Å². The van der Waals surface area contributed by atoms with Crippen molar-refractivity contribution in [2.24, 2.45) is 10.9 Å². The lowest BCUT2D eigenvalue weighted by Gasteiger charge is -2.20. The topological polar surface area (TPSA) is 61.8 Å². The van der Waals surface area contributed by atoms with Gasteiger partial charge in [-0.25, -0.2) is 0 Å². The Bertz CT molecular complexity index is 382. The second-order valence-electron chi connectivity index (χ2n) is 3.84. The van der Waals surface area contributed by atoms with Gasteiger partial charge in [-0.15, -0.1) is 0 Å². The number of hydrogen-bond acceptors (Lipinski definition) is 3. The van der Waals surface area contributed by atoms with Crippen LogP contribution in [0.3, 0.4) is 0 Å². The minimum absolute atomic E-state index is 0.276. The van der Waals surface area contributed by atoms with Gasteiger partial charge in [-0.2, -0.15) is 0 Å². The van der Waals surface area contributed by atoms with Gasteiger partial charge >= 0.3 is 0 Å². The van der Waals surface area contributed by atoms with Gasteiger partial charge in [0.2, 0.25) is 0 Å². The van der Waals surface area contributed by atoms with Gasteiger partial charge in [0.25, 0.3) is 0 Å². The second-order valence-corrected chi connectivity index (χ2v) is 4.76. The molecule has 17 heavy (non-hydrogen) atoms. The monoisotopic (exact) mass is 299 g/mol. The lowest BCUT2D eigenvalue weighted by Crippen LogP contribution is -2.27. The molecule has 0 radical (unpaired) electrons. The van der Waals surface area contributed by atoms with Crippen molar-refractivity contribution in [1.82, 2.24) is 4.90 Å². The van der Waals surface area contributed by atoms with E-state index in [9.17, 15) is 0 Å². The van der Waals surface area contributed by atoms with Crippen LogP contribution in [0.5, 0.6) is 0 Å². The van der Waals surface area contributed by atoms with Crippen molar-refractivity contribution < 1.29 is 5.21 Å². The molecule has 0 heterocycles. The van der Waals surface area contributed by atoms with E-state index in [-0.39, 0.29) is 5.84 Å². The van der Waals surface area contributed by atoms with Crippen LogP contribution >= 0.6 is 15.9 Å². The molecule has 0 spiro atoms. The molecule has 1 rings (SSSR count). The maximum absolute atomic E-state index is 8.48. The van der Waals surface area contributed by atoms with Crippen LogP contribution in [-0.4, -0.2) is 29.0 Å². The minimum Gasteiger partial charge on any atom is -0.409 e. The summed E-state index contributed by atoms with van der Waals surface area (Å²) in [6, 6.07) is 8.23. The zero-order valence-corrected chi connectivity index (χ0v) is 11.5. The van der Waals surface area contributed by atoms with Crippen molar-refractivity contribution in [3.63, 3.8) is 0 Å². The van der Waals surface area contributed by atoms with Gasteiger partial charge in [-0.05, 0) is 24.2 Å². The fourth-order valence-corrected chi connectivity index (χ4v) is 2.01. The molecule has 4 nitrogen and oxygen atoms in total. The molecule has 0 bridgehead atoms. The number of nitrogens with two attached hydrogens (primary N) is 1. The molecule has 3 N–H and O–H groups in total. The smallest absolute Gasteiger partial charge is 0.140 e. The molecular formula is C12H18BrN3O. The fraction of sp³-hybridized carbons (Fsp3) is 0.417. The maximum Gasteiger partial charge on any atom is 0.140 e. The molecule has 94 valence electrons. The van der Waals surface area contributed by atoms with E-state index in [4.69, 9.17) is 10.9 Å². The number of hydrogen-bond donors (Lipinski definition) is 2. The summed E-state index contributed by atoms with van der Waals surface area (Å²) in [7, 11) is 0. The minimum atomic E-state index is 0.276. The van der Waals surface area contributed by atoms with Gasteiger partial charge < -0.3 is 10.9 Å². The van der Waals surface area contributed by atoms with Crippen LogP contribution in [-0.2, 0) is 6.54 Å². The van der Waals surface area contributed by atoms with Crippen molar-refractivity contribution in [1.29, 1.82) is 0 Å². The summed E-state index contributed by atoms with van der Waals surface area (Å²) in [5.41, 5.74) is 6.71. The zero-order chi connectivity index (χ0) is 12.7. The summed E-state index contributed by atoms with van der Waals surface area (Å²) in [5, 5.41) is 11.5. The molecule has 0 aromatic heterocycles. The van der Waals surface area contributed by atoms with E-state index in [1.54, 1.807) is 0 Å². The van der Waals surface area contributed by atoms with Crippen molar-refractivity contribution in [3.8, 4) is 0 Å². The third-order valence-electron chi connectivity index (χ3n) is 2.56. The number of oxime groups is 1. The van der Waals surface area contributed by atoms with E-state index in [1.807, 2.05) is 12.1 Å². The summed E-state index contributed by atoms with van der Waals surface area (Å²) in [6.45, 7) is 4.70. The SMILES string of the molecule is CCN(CC/C(N)=N/O)Cc1cccc(Br)c1. The largest absolute Gasteiger partial charge is 0.409 e. The van der Waals surface area contributed by atoms with Gasteiger partial charge in [0, 0.05) is 24.0 Å². The highest BCUT2D eigenvalue weighted by Crippen LogP contribution is 2.13. The summed E-state index contributed by atoms with van der Waals surface area (Å²) >= 11 is 3.46. The van der Waals surface area contributed by atoms with E-state index in [0.29, 0.717) is 6.42 Å². The Kier molecular flexibility index (Phi) is 6.00. The van der Waals surface area contributed by atoms with Gasteiger partial charge in [0.1, 0.15) is 5.84 Å². The number of nitrogens with zero attached hydrogens (tertiary/aromatic N) is 2. The molecule has 1 aromatic rings. The number of amidine groups is 1. The first kappa shape index (κ1) is 14.0. The molecule has 1 aromatic carbocycles. The van der Waals surface area contributed by atoms with E-state index in [2.05, 4.69) is 45.0 Å². The molecular weight excluding hydrogens is 282 g/mol. The maximum atomic E-state index is 8.48. The first-order valence-corrected chi connectivity index (χ1v) is 6.38. The number of rotatable bonds is 6. The highest BCUT2D eigenvalue weighted by Gasteiger charge is 2.05. The molecule has 0 aliphatic carbocycles. The predicted molar refractivity (Wildman–Crippen MR) is 73.1 cm³/mol. The first-order valence-electron chi connectivity index (χ1n) is 5.59. The van der Waals surface area contributed by atoms with Crippen LogP contribution in [0.25, 0.3) is 0 Å². The Morgan fingerprint density at radius 3 is 2.88 bits per heavy atom. The van der Waals surface area contributed by atoms with Crippen LogP contribution in [0, 0.1) is 0 Å². The molecule has 0 saturated carbocycles. The average Bonchev–Trinajstić information content (AvgIpc) is 2.34. The fourth-order valence-electron chi connectivity index (χ4n) is 1.57. The zero-order valence-electron chi connectivity index (χ0n) is 9.93. The van der Waals surface area contributed by atoms with E-state index >= 15 is 0 Å². The summed E-state index contributed by atoms with van der Waals surface area (Å²) in [6.07, 6.45) is 0.582. The summed E-state index contributed by atoms with van der Waals surface area (Å²) in [5.74, 6) is 0.276. The van der Waals surface area contributed by atoms with Crippen molar-refractivity contribution in [2.75, 3.05) is 13.1 Å². The van der Waals surface area contributed by atoms with Crippen molar-refractivity contribution in [3.05, 3.63) is 34.3 Å². The van der Waals surface area contributed by atoms with Crippen molar-refractivity contribution in [2.45, 2.75) is 19.9 Å². The van der Waals surface area contributed by atoms with E-state index in [1.165, 1.54) is 5.56 Å². The highest BCUT2D eigenvalue weighted by molar-refractivity contribution is 9.10. The Hall–Kier alpha value is -1.07. The van der Waals surface area contributed by atoms with Crippen LogP contribution < -0.4 is 5.73 Å². The van der Waals surface area contributed by atoms with Crippen LogP contribution in [0.15, 0.2) is 33.9 Å². The molecule has 0 fully saturated rings. The van der Waals surface area contributed by atoms with E-state index < -0.39 is 0 Å². The second kappa shape index (κ2) is 7.29. The first-order chi connectivity index (χ1) is 8.15. The predicted octanol–water partition coefficient (Wildman–Crippen LogP) is 2.41. The Labute approximate surface area is 110 Å². The standard InChI is InChI=1S/C12H18BrN3O/c1-2-16(7-6-12(14)15-17)9-10-4-3-5-11(13)8-10/h3-5,8,17H,2,6-7,9H2,1H3,(H2,14,15). The molecule has 5 heteroatoms. The lowest BCUT2D eigenvalue weighted by molar-refractivity contribution is 0.283. The molecule has 0 amide bonds. The third kappa shape index (κ3) is 5.19. The summed E-state index contributed by atoms with van der Waals surface area (Å²) in [4.78, 5) is 2.25. The van der Waals surface area contributed by atoms with E-state index in [0.717, 1.165) is 24.1 Å². The number of halogens is 1. The highest BCUT2D eigenvalue weighted by atomic mass is 79.9. The normalized spacial score (nSPS) is 12.1. The molecule has 0 unspecified atom stereocenters. The van der Waals surface area contributed by atoms with Crippen molar-refractivity contribution >= 4 is 21.8 Å². The summed E-state index contributed by atoms with van der Waals surface area (Å²) < 4.78 is 1.09. The molecule has 0 saturated heterocycles. The van der Waals surface area contributed by atoms with Gasteiger partial charge in [0.15, 0.2) is 0 Å². The average molecular weight is 300 g/mol.